The van der Waals surface area contributed by atoms with Crippen molar-refractivity contribution in [2.24, 2.45) is 0 Å². The van der Waals surface area contributed by atoms with Gasteiger partial charge in [0.05, 0.1) is 16.2 Å². The Kier molecular flexibility index (Phi) is 5.50. The number of carbonyl (C=O) groups excluding carboxylic acids is 2. The molecular formula is C23H15Cl2NO2S. The van der Waals surface area contributed by atoms with Gasteiger partial charge in [0.25, 0.3) is 11.8 Å². The number of aryl methyl sites for hydroxylation is 1. The highest BCUT2D eigenvalue weighted by molar-refractivity contribution is 8.04. The van der Waals surface area contributed by atoms with Crippen LogP contribution in [0.1, 0.15) is 11.1 Å². The largest absolute Gasteiger partial charge is 0.272 e. The normalized spacial score (nSPS) is 14.1. The van der Waals surface area contributed by atoms with Crippen molar-refractivity contribution in [2.75, 3.05) is 4.90 Å². The summed E-state index contributed by atoms with van der Waals surface area (Å²) in [6.07, 6.45) is 0. The van der Waals surface area contributed by atoms with Crippen molar-refractivity contribution < 1.29 is 9.59 Å². The van der Waals surface area contributed by atoms with Gasteiger partial charge in [0, 0.05) is 14.9 Å². The summed E-state index contributed by atoms with van der Waals surface area (Å²) in [5, 5.41) is 1.07. The van der Waals surface area contributed by atoms with Crippen molar-refractivity contribution in [2.45, 2.75) is 11.8 Å². The van der Waals surface area contributed by atoms with E-state index in [4.69, 9.17) is 23.2 Å². The minimum Gasteiger partial charge on any atom is -0.268 e. The zero-order chi connectivity index (χ0) is 20.5. The fraction of sp³-hybridized carbons (Fsp3) is 0.0435. The average Bonchev–Trinajstić information content (AvgIpc) is 2.94. The van der Waals surface area contributed by atoms with Gasteiger partial charge in [0.2, 0.25) is 0 Å². The molecule has 0 radical (unpaired) electrons. The number of benzene rings is 3. The molecule has 4 rings (SSSR count). The van der Waals surface area contributed by atoms with Crippen LogP contribution in [0.2, 0.25) is 10.0 Å². The number of hydrogen-bond acceptors (Lipinski definition) is 3. The number of anilines is 1. The molecule has 0 aromatic heterocycles. The van der Waals surface area contributed by atoms with Gasteiger partial charge >= 0.3 is 0 Å². The molecule has 0 N–H and O–H groups in total. The minimum absolute atomic E-state index is 0.363. The highest BCUT2D eigenvalue weighted by atomic mass is 35.5. The van der Waals surface area contributed by atoms with Crippen LogP contribution in [-0.4, -0.2) is 11.8 Å². The van der Waals surface area contributed by atoms with Crippen molar-refractivity contribution in [1.82, 2.24) is 0 Å². The molecule has 6 heteroatoms. The summed E-state index contributed by atoms with van der Waals surface area (Å²) in [5.74, 6) is -0.731. The third kappa shape index (κ3) is 3.97. The maximum Gasteiger partial charge on any atom is 0.272 e. The fourth-order valence-corrected chi connectivity index (χ4v) is 4.35. The van der Waals surface area contributed by atoms with Crippen LogP contribution in [0.5, 0.6) is 0 Å². The zero-order valence-corrected chi connectivity index (χ0v) is 17.7. The molecule has 0 fully saturated rings. The number of halogens is 2. The molecule has 144 valence electrons. The monoisotopic (exact) mass is 439 g/mol. The Balaban J connectivity index is 1.82. The van der Waals surface area contributed by atoms with Crippen LogP contribution in [0.25, 0.3) is 5.57 Å². The second kappa shape index (κ2) is 8.07. The Morgan fingerprint density at radius 1 is 0.793 bits per heavy atom. The van der Waals surface area contributed by atoms with E-state index in [0.29, 0.717) is 31.8 Å². The van der Waals surface area contributed by atoms with Crippen LogP contribution in [-0.2, 0) is 9.59 Å². The molecule has 0 saturated carbocycles. The van der Waals surface area contributed by atoms with E-state index in [1.807, 2.05) is 43.3 Å². The summed E-state index contributed by atoms with van der Waals surface area (Å²) in [5.41, 5.74) is 2.61. The molecule has 0 aliphatic carbocycles. The topological polar surface area (TPSA) is 37.4 Å². The van der Waals surface area contributed by atoms with Crippen LogP contribution in [0.15, 0.2) is 82.6 Å². The van der Waals surface area contributed by atoms with E-state index in [9.17, 15) is 9.59 Å². The summed E-state index contributed by atoms with van der Waals surface area (Å²) in [4.78, 5) is 29.0. The number of imide groups is 1. The zero-order valence-electron chi connectivity index (χ0n) is 15.4. The van der Waals surface area contributed by atoms with Gasteiger partial charge in [-0.2, -0.15) is 0 Å². The van der Waals surface area contributed by atoms with E-state index in [1.54, 1.807) is 36.4 Å². The van der Waals surface area contributed by atoms with Gasteiger partial charge in [-0.3, -0.25) is 9.59 Å². The lowest BCUT2D eigenvalue weighted by molar-refractivity contribution is -0.119. The summed E-state index contributed by atoms with van der Waals surface area (Å²) < 4.78 is 0. The second-order valence-electron chi connectivity index (χ2n) is 6.55. The predicted octanol–water partition coefficient (Wildman–Crippen LogP) is 6.38. The third-order valence-corrected chi connectivity index (χ3v) is 6.06. The van der Waals surface area contributed by atoms with Gasteiger partial charge in [0.15, 0.2) is 0 Å². The van der Waals surface area contributed by atoms with E-state index in [-0.39, 0.29) is 11.8 Å². The first-order valence-corrected chi connectivity index (χ1v) is 10.4. The number of nitrogens with zero attached hydrogens (tertiary/aromatic N) is 1. The van der Waals surface area contributed by atoms with Gasteiger partial charge in [-0.25, -0.2) is 4.90 Å². The van der Waals surface area contributed by atoms with Crippen LogP contribution in [0, 0.1) is 6.92 Å². The van der Waals surface area contributed by atoms with Crippen molar-refractivity contribution >= 4 is 58.0 Å². The number of amides is 2. The van der Waals surface area contributed by atoms with Crippen LogP contribution < -0.4 is 4.90 Å². The molecular weight excluding hydrogens is 425 g/mol. The van der Waals surface area contributed by atoms with Gasteiger partial charge < -0.3 is 0 Å². The third-order valence-electron chi connectivity index (χ3n) is 4.48. The number of thioether (sulfide) groups is 1. The molecule has 0 atom stereocenters. The Labute approximate surface area is 182 Å². The molecule has 3 nitrogen and oxygen atoms in total. The second-order valence-corrected chi connectivity index (χ2v) is 8.51. The summed E-state index contributed by atoms with van der Waals surface area (Å²) >= 11 is 13.3. The Hall–Kier alpha value is -2.53. The van der Waals surface area contributed by atoms with Gasteiger partial charge in [-0.1, -0.05) is 70.9 Å². The molecule has 0 saturated heterocycles. The molecule has 0 unspecified atom stereocenters. The molecule has 1 aliphatic heterocycles. The lowest BCUT2D eigenvalue weighted by atomic mass is 10.0. The highest BCUT2D eigenvalue weighted by Gasteiger charge is 2.40. The lowest BCUT2D eigenvalue weighted by Crippen LogP contribution is -2.31. The fourth-order valence-electron chi connectivity index (χ4n) is 3.05. The van der Waals surface area contributed by atoms with Crippen molar-refractivity contribution in [3.8, 4) is 0 Å². The van der Waals surface area contributed by atoms with Crippen LogP contribution in [0.4, 0.5) is 5.69 Å². The predicted molar refractivity (Wildman–Crippen MR) is 119 cm³/mol. The van der Waals surface area contributed by atoms with E-state index in [2.05, 4.69) is 0 Å². The standard InChI is InChI=1S/C23H15Cl2NO2S/c1-14-5-7-15(8-6-14)20-21(29-19-11-9-16(24)10-12-19)23(28)26(22(20)27)18-4-2-3-17(25)13-18/h2-13H,1H3. The van der Waals surface area contributed by atoms with Gasteiger partial charge in [-0.05, 0) is 55.0 Å². The molecule has 29 heavy (non-hydrogen) atoms. The van der Waals surface area contributed by atoms with E-state index >= 15 is 0 Å². The van der Waals surface area contributed by atoms with Crippen molar-refractivity contribution in [3.63, 3.8) is 0 Å². The summed E-state index contributed by atoms with van der Waals surface area (Å²) in [6.45, 7) is 1.97. The molecule has 3 aromatic rings. The number of hydrogen-bond donors (Lipinski definition) is 0. The molecule has 1 heterocycles. The van der Waals surface area contributed by atoms with Crippen molar-refractivity contribution in [3.05, 3.63) is 98.9 Å². The minimum atomic E-state index is -0.368. The molecule has 2 amide bonds. The average molecular weight is 440 g/mol. The summed E-state index contributed by atoms with van der Waals surface area (Å²) in [7, 11) is 0. The summed E-state index contributed by atoms with van der Waals surface area (Å²) in [6, 6.07) is 21.5. The number of rotatable bonds is 4. The molecule has 0 spiro atoms. The van der Waals surface area contributed by atoms with E-state index < -0.39 is 0 Å². The first kappa shape index (κ1) is 19.8. The lowest BCUT2D eigenvalue weighted by Gasteiger charge is -2.15. The first-order chi connectivity index (χ1) is 13.9. The highest BCUT2D eigenvalue weighted by Crippen LogP contribution is 2.41. The Bertz CT molecular complexity index is 1140. The van der Waals surface area contributed by atoms with Gasteiger partial charge in [0.1, 0.15) is 0 Å². The first-order valence-electron chi connectivity index (χ1n) is 8.83. The number of carbonyl (C=O) groups is 2. The molecule has 3 aromatic carbocycles. The Morgan fingerprint density at radius 3 is 2.14 bits per heavy atom. The van der Waals surface area contributed by atoms with E-state index in [0.717, 1.165) is 10.5 Å². The quantitative estimate of drug-likeness (QED) is 0.442. The molecule has 0 bridgehead atoms. The Morgan fingerprint density at radius 2 is 1.48 bits per heavy atom. The van der Waals surface area contributed by atoms with Crippen LogP contribution in [0.3, 0.4) is 0 Å². The van der Waals surface area contributed by atoms with Crippen molar-refractivity contribution in [1.29, 1.82) is 0 Å². The van der Waals surface area contributed by atoms with Gasteiger partial charge in [-0.15, -0.1) is 0 Å². The van der Waals surface area contributed by atoms with Crippen LogP contribution >= 0.6 is 35.0 Å². The van der Waals surface area contributed by atoms with E-state index in [1.165, 1.54) is 16.7 Å². The maximum absolute atomic E-state index is 13.3. The molecule has 1 aliphatic rings. The SMILES string of the molecule is Cc1ccc(C2=C(Sc3ccc(Cl)cc3)C(=O)N(c3cccc(Cl)c3)C2=O)cc1. The smallest absolute Gasteiger partial charge is 0.268 e. The maximum atomic E-state index is 13.3.